The van der Waals surface area contributed by atoms with Crippen LogP contribution in [0.15, 0.2) is 33.5 Å². The van der Waals surface area contributed by atoms with Crippen LogP contribution in [-0.4, -0.2) is 28.9 Å². The van der Waals surface area contributed by atoms with Crippen LogP contribution in [0.2, 0.25) is 5.15 Å². The fourth-order valence-corrected chi connectivity index (χ4v) is 3.24. The first kappa shape index (κ1) is 15.3. The molecule has 4 aromatic rings. The molecule has 0 bridgehead atoms. The van der Waals surface area contributed by atoms with Crippen LogP contribution in [0.1, 0.15) is 11.4 Å². The molecule has 0 radical (unpaired) electrons. The van der Waals surface area contributed by atoms with Crippen molar-refractivity contribution in [1.82, 2.24) is 28.9 Å². The van der Waals surface area contributed by atoms with Crippen molar-refractivity contribution < 1.29 is 0 Å². The summed E-state index contributed by atoms with van der Waals surface area (Å²) in [5.74, 6) is 1.09. The lowest BCUT2D eigenvalue weighted by molar-refractivity contribution is 0.692. The second-order valence-corrected chi connectivity index (χ2v) is 6.79. The molecule has 122 valence electrons. The molecule has 0 aliphatic carbocycles. The number of benzene rings is 1. The Kier molecular flexibility index (Phi) is 3.47. The number of halogens is 2. The second kappa shape index (κ2) is 5.42. The van der Waals surface area contributed by atoms with Gasteiger partial charge in [-0.3, -0.25) is 9.36 Å². The van der Waals surface area contributed by atoms with Gasteiger partial charge in [-0.15, -0.1) is 10.2 Å². The number of nitrogens with zero attached hydrogens (tertiary/aromatic N) is 6. The SMILES string of the molecule is Cc1nnc2n(C)c(=O)c3c(Cl)n(Cc4ccc(Br)cc4)nc3n12. The van der Waals surface area contributed by atoms with Crippen molar-refractivity contribution in [2.75, 3.05) is 0 Å². The number of fused-ring (bicyclic) bond motifs is 3. The van der Waals surface area contributed by atoms with Gasteiger partial charge in [0.15, 0.2) is 5.65 Å². The molecular formula is C15H12BrClN6O. The maximum absolute atomic E-state index is 12.6. The topological polar surface area (TPSA) is 70.0 Å². The largest absolute Gasteiger partial charge is 0.279 e. The Hall–Kier alpha value is -2.19. The van der Waals surface area contributed by atoms with Crippen LogP contribution in [0.4, 0.5) is 0 Å². The van der Waals surface area contributed by atoms with E-state index in [1.807, 2.05) is 31.2 Å². The molecule has 4 rings (SSSR count). The smallest absolute Gasteiger partial charge is 0.267 e. The zero-order valence-electron chi connectivity index (χ0n) is 12.9. The van der Waals surface area contributed by atoms with Crippen molar-refractivity contribution in [2.45, 2.75) is 13.5 Å². The summed E-state index contributed by atoms with van der Waals surface area (Å²) in [5.41, 5.74) is 1.26. The van der Waals surface area contributed by atoms with E-state index >= 15 is 0 Å². The lowest BCUT2D eigenvalue weighted by Crippen LogP contribution is -2.20. The van der Waals surface area contributed by atoms with Gasteiger partial charge in [0, 0.05) is 11.5 Å². The molecule has 0 N–H and O–H groups in total. The Bertz CT molecular complexity index is 1140. The highest BCUT2D eigenvalue weighted by Crippen LogP contribution is 2.23. The predicted molar refractivity (Wildman–Crippen MR) is 94.5 cm³/mol. The van der Waals surface area contributed by atoms with Crippen LogP contribution >= 0.6 is 27.5 Å². The first-order valence-electron chi connectivity index (χ1n) is 7.18. The van der Waals surface area contributed by atoms with E-state index < -0.39 is 0 Å². The second-order valence-electron chi connectivity index (χ2n) is 5.52. The maximum atomic E-state index is 12.6. The maximum Gasteiger partial charge on any atom is 0.267 e. The molecule has 0 atom stereocenters. The first-order chi connectivity index (χ1) is 11.5. The van der Waals surface area contributed by atoms with Gasteiger partial charge in [0.05, 0.1) is 6.54 Å². The standard InChI is InChI=1S/C15H12BrClN6O/c1-8-18-19-15-21(2)14(24)11-12(17)22(20-13(11)23(8)15)7-9-3-5-10(16)6-4-9/h3-6H,7H2,1-2H3. The minimum absolute atomic E-state index is 0.239. The summed E-state index contributed by atoms with van der Waals surface area (Å²) in [4.78, 5) is 12.6. The van der Waals surface area contributed by atoms with Crippen LogP contribution in [0.3, 0.4) is 0 Å². The summed E-state index contributed by atoms with van der Waals surface area (Å²) < 4.78 is 5.79. The molecule has 9 heteroatoms. The zero-order chi connectivity index (χ0) is 17.0. The molecule has 3 heterocycles. The Morgan fingerprint density at radius 2 is 1.92 bits per heavy atom. The molecule has 7 nitrogen and oxygen atoms in total. The molecular weight excluding hydrogens is 396 g/mol. The molecule has 0 saturated heterocycles. The van der Waals surface area contributed by atoms with Gasteiger partial charge in [-0.2, -0.15) is 5.10 Å². The summed E-state index contributed by atoms with van der Waals surface area (Å²) in [6, 6.07) is 7.86. The normalized spacial score (nSPS) is 11.7. The quantitative estimate of drug-likeness (QED) is 0.512. The van der Waals surface area contributed by atoms with Gasteiger partial charge in [-0.1, -0.05) is 39.7 Å². The third-order valence-electron chi connectivity index (χ3n) is 3.96. The molecule has 24 heavy (non-hydrogen) atoms. The number of aromatic nitrogens is 6. The molecule has 0 spiro atoms. The van der Waals surface area contributed by atoms with E-state index in [2.05, 4.69) is 31.2 Å². The Morgan fingerprint density at radius 3 is 2.62 bits per heavy atom. The van der Waals surface area contributed by atoms with Crippen molar-refractivity contribution in [2.24, 2.45) is 7.05 Å². The number of hydrogen-bond donors (Lipinski definition) is 0. The highest BCUT2D eigenvalue weighted by atomic mass is 79.9. The third kappa shape index (κ3) is 2.17. The lowest BCUT2D eigenvalue weighted by atomic mass is 10.2. The molecule has 0 unspecified atom stereocenters. The molecule has 0 aliphatic rings. The van der Waals surface area contributed by atoms with Gasteiger partial charge < -0.3 is 0 Å². The van der Waals surface area contributed by atoms with Gasteiger partial charge >= 0.3 is 0 Å². The van der Waals surface area contributed by atoms with E-state index in [0.29, 0.717) is 34.3 Å². The Balaban J connectivity index is 1.98. The molecule has 0 saturated carbocycles. The minimum atomic E-state index is -0.239. The molecule has 3 aromatic heterocycles. The average molecular weight is 408 g/mol. The molecule has 1 aromatic carbocycles. The minimum Gasteiger partial charge on any atom is -0.279 e. The number of rotatable bonds is 2. The van der Waals surface area contributed by atoms with E-state index in [1.165, 1.54) is 4.57 Å². The lowest BCUT2D eigenvalue weighted by Gasteiger charge is -2.03. The van der Waals surface area contributed by atoms with Crippen molar-refractivity contribution in [3.05, 3.63) is 55.6 Å². The Morgan fingerprint density at radius 1 is 1.21 bits per heavy atom. The van der Waals surface area contributed by atoms with Gasteiger partial charge in [0.1, 0.15) is 16.4 Å². The van der Waals surface area contributed by atoms with Crippen LogP contribution in [0, 0.1) is 6.92 Å². The van der Waals surface area contributed by atoms with Crippen LogP contribution in [0.25, 0.3) is 16.8 Å². The van der Waals surface area contributed by atoms with Gasteiger partial charge in [-0.25, -0.2) is 9.08 Å². The van der Waals surface area contributed by atoms with E-state index in [1.54, 1.807) is 16.1 Å². The van der Waals surface area contributed by atoms with Crippen molar-refractivity contribution in [3.8, 4) is 0 Å². The van der Waals surface area contributed by atoms with Crippen LogP contribution in [0.5, 0.6) is 0 Å². The summed E-state index contributed by atoms with van der Waals surface area (Å²) in [5, 5.41) is 13.3. The highest BCUT2D eigenvalue weighted by Gasteiger charge is 2.20. The predicted octanol–water partition coefficient (Wildman–Crippen LogP) is 2.55. The van der Waals surface area contributed by atoms with Crippen molar-refractivity contribution in [1.29, 1.82) is 0 Å². The summed E-state index contributed by atoms with van der Waals surface area (Å²) >= 11 is 9.87. The Labute approximate surface area is 149 Å². The first-order valence-corrected chi connectivity index (χ1v) is 8.35. The number of hydrogen-bond acceptors (Lipinski definition) is 4. The van der Waals surface area contributed by atoms with Gasteiger partial charge in [-0.05, 0) is 24.6 Å². The molecule has 0 amide bonds. The van der Waals surface area contributed by atoms with E-state index in [4.69, 9.17) is 11.6 Å². The third-order valence-corrected chi connectivity index (χ3v) is 4.87. The van der Waals surface area contributed by atoms with Crippen molar-refractivity contribution >= 4 is 44.3 Å². The molecule has 0 fully saturated rings. The highest BCUT2D eigenvalue weighted by molar-refractivity contribution is 9.10. The van der Waals surface area contributed by atoms with Gasteiger partial charge in [0.25, 0.3) is 5.56 Å². The van der Waals surface area contributed by atoms with E-state index in [9.17, 15) is 4.79 Å². The average Bonchev–Trinajstić information content (AvgIpc) is 3.09. The fraction of sp³-hybridized carbons (Fsp3) is 0.200. The van der Waals surface area contributed by atoms with Crippen molar-refractivity contribution in [3.63, 3.8) is 0 Å². The fourth-order valence-electron chi connectivity index (χ4n) is 2.71. The summed E-state index contributed by atoms with van der Waals surface area (Å²) in [7, 11) is 1.65. The van der Waals surface area contributed by atoms with Gasteiger partial charge in [0.2, 0.25) is 5.78 Å². The van der Waals surface area contributed by atoms with E-state index in [0.717, 1.165) is 10.0 Å². The van der Waals surface area contributed by atoms with Crippen LogP contribution < -0.4 is 5.56 Å². The summed E-state index contributed by atoms with van der Waals surface area (Å²) in [6.07, 6.45) is 0. The monoisotopic (exact) mass is 406 g/mol. The zero-order valence-corrected chi connectivity index (χ0v) is 15.2. The number of aryl methyl sites for hydroxylation is 2. The van der Waals surface area contributed by atoms with E-state index in [-0.39, 0.29) is 5.56 Å². The molecule has 0 aliphatic heterocycles. The summed E-state index contributed by atoms with van der Waals surface area (Å²) in [6.45, 7) is 2.28. The van der Waals surface area contributed by atoms with Crippen LogP contribution in [-0.2, 0) is 13.6 Å².